The van der Waals surface area contributed by atoms with Crippen LogP contribution in [0.3, 0.4) is 0 Å². The van der Waals surface area contributed by atoms with Crippen LogP contribution < -0.4 is 5.73 Å². The predicted octanol–water partition coefficient (Wildman–Crippen LogP) is 1.14. The third-order valence-corrected chi connectivity index (χ3v) is 4.78. The van der Waals surface area contributed by atoms with Crippen LogP contribution in [-0.4, -0.2) is 54.6 Å². The maximum Gasteiger partial charge on any atom is 0.0195 e. The van der Waals surface area contributed by atoms with Crippen molar-refractivity contribution < 1.29 is 0 Å². The molecule has 1 saturated carbocycles. The summed E-state index contributed by atoms with van der Waals surface area (Å²) in [6.07, 6.45) is 4.09. The molecule has 1 aliphatic carbocycles. The lowest BCUT2D eigenvalue weighted by Gasteiger charge is -2.46. The number of nitrogens with two attached hydrogens (primary N) is 1. The first-order chi connectivity index (χ1) is 7.63. The molecule has 1 saturated heterocycles. The van der Waals surface area contributed by atoms with E-state index in [0.29, 0.717) is 12.1 Å². The van der Waals surface area contributed by atoms with Crippen molar-refractivity contribution in [2.45, 2.75) is 51.2 Å². The maximum atomic E-state index is 5.89. The van der Waals surface area contributed by atoms with Gasteiger partial charge in [-0.1, -0.05) is 6.42 Å². The van der Waals surface area contributed by atoms with Gasteiger partial charge in [-0.05, 0) is 46.2 Å². The SMILES string of the molecule is CC1CN(C2CCCC2CN)CC(C)N1C. The minimum Gasteiger partial charge on any atom is -0.330 e. The number of nitrogens with zero attached hydrogens (tertiary/aromatic N) is 2. The normalized spacial score (nSPS) is 42.8. The second kappa shape index (κ2) is 5.03. The van der Waals surface area contributed by atoms with Gasteiger partial charge in [0.05, 0.1) is 0 Å². The van der Waals surface area contributed by atoms with Gasteiger partial charge in [0.15, 0.2) is 0 Å². The molecule has 3 heteroatoms. The number of rotatable bonds is 2. The van der Waals surface area contributed by atoms with Crippen LogP contribution in [0.25, 0.3) is 0 Å². The summed E-state index contributed by atoms with van der Waals surface area (Å²) < 4.78 is 0. The summed E-state index contributed by atoms with van der Waals surface area (Å²) in [6.45, 7) is 8.01. The molecule has 1 heterocycles. The predicted molar refractivity (Wildman–Crippen MR) is 68.4 cm³/mol. The Labute approximate surface area is 100.0 Å². The van der Waals surface area contributed by atoms with Gasteiger partial charge >= 0.3 is 0 Å². The van der Waals surface area contributed by atoms with Gasteiger partial charge in [0.25, 0.3) is 0 Å². The minimum absolute atomic E-state index is 0.683. The summed E-state index contributed by atoms with van der Waals surface area (Å²) in [7, 11) is 2.25. The zero-order chi connectivity index (χ0) is 11.7. The molecule has 0 aromatic rings. The van der Waals surface area contributed by atoms with Crippen molar-refractivity contribution in [1.82, 2.24) is 9.80 Å². The third-order valence-electron chi connectivity index (χ3n) is 4.78. The topological polar surface area (TPSA) is 32.5 Å². The van der Waals surface area contributed by atoms with Crippen LogP contribution in [0, 0.1) is 5.92 Å². The van der Waals surface area contributed by atoms with Crippen molar-refractivity contribution in [3.05, 3.63) is 0 Å². The van der Waals surface area contributed by atoms with Gasteiger partial charge in [-0.25, -0.2) is 0 Å². The van der Waals surface area contributed by atoms with Crippen LogP contribution in [0.4, 0.5) is 0 Å². The summed E-state index contributed by atoms with van der Waals surface area (Å²) in [5, 5.41) is 0. The zero-order valence-electron chi connectivity index (χ0n) is 11.0. The Kier molecular flexibility index (Phi) is 3.88. The monoisotopic (exact) mass is 225 g/mol. The van der Waals surface area contributed by atoms with Crippen LogP contribution in [-0.2, 0) is 0 Å². The molecule has 2 aliphatic rings. The molecule has 0 radical (unpaired) electrons. The van der Waals surface area contributed by atoms with Crippen LogP contribution in [0.5, 0.6) is 0 Å². The quantitative estimate of drug-likeness (QED) is 0.765. The van der Waals surface area contributed by atoms with Gasteiger partial charge in [-0.3, -0.25) is 9.80 Å². The molecule has 0 aromatic heterocycles. The van der Waals surface area contributed by atoms with Crippen molar-refractivity contribution >= 4 is 0 Å². The van der Waals surface area contributed by atoms with Gasteiger partial charge in [0.1, 0.15) is 0 Å². The molecule has 4 atom stereocenters. The first-order valence-electron chi connectivity index (χ1n) is 6.79. The Hall–Kier alpha value is -0.120. The Morgan fingerprint density at radius 2 is 1.75 bits per heavy atom. The number of likely N-dealkylation sites (N-methyl/N-ethyl adjacent to an activating group) is 1. The molecule has 0 bridgehead atoms. The lowest BCUT2D eigenvalue weighted by molar-refractivity contribution is 0.0240. The molecule has 16 heavy (non-hydrogen) atoms. The number of piperazine rings is 1. The highest BCUT2D eigenvalue weighted by molar-refractivity contribution is 4.92. The number of hydrogen-bond donors (Lipinski definition) is 1. The Morgan fingerprint density at radius 3 is 2.31 bits per heavy atom. The minimum atomic E-state index is 0.683. The third kappa shape index (κ3) is 2.27. The van der Waals surface area contributed by atoms with E-state index < -0.39 is 0 Å². The molecule has 2 rings (SSSR count). The van der Waals surface area contributed by atoms with Crippen LogP contribution in [0.1, 0.15) is 33.1 Å². The molecule has 2 N–H and O–H groups in total. The second-order valence-electron chi connectivity index (χ2n) is 5.81. The molecular weight excluding hydrogens is 198 g/mol. The van der Waals surface area contributed by atoms with E-state index in [9.17, 15) is 0 Å². The van der Waals surface area contributed by atoms with E-state index in [2.05, 4.69) is 30.7 Å². The van der Waals surface area contributed by atoms with Crippen LogP contribution in [0.2, 0.25) is 0 Å². The fraction of sp³-hybridized carbons (Fsp3) is 1.00. The smallest absolute Gasteiger partial charge is 0.0195 e. The Morgan fingerprint density at radius 1 is 1.12 bits per heavy atom. The van der Waals surface area contributed by atoms with E-state index in [1.165, 1.54) is 32.4 Å². The summed E-state index contributed by atoms with van der Waals surface area (Å²) in [5.41, 5.74) is 5.89. The summed E-state index contributed by atoms with van der Waals surface area (Å²) >= 11 is 0. The van der Waals surface area contributed by atoms with Crippen molar-refractivity contribution in [3.63, 3.8) is 0 Å². The highest BCUT2D eigenvalue weighted by Crippen LogP contribution is 2.31. The first kappa shape index (κ1) is 12.3. The lowest BCUT2D eigenvalue weighted by Crippen LogP contribution is -2.58. The lowest BCUT2D eigenvalue weighted by atomic mass is 9.99. The largest absolute Gasteiger partial charge is 0.330 e. The average molecular weight is 225 g/mol. The van der Waals surface area contributed by atoms with Crippen molar-refractivity contribution in [3.8, 4) is 0 Å². The van der Waals surface area contributed by atoms with Crippen molar-refractivity contribution in [1.29, 1.82) is 0 Å². The van der Waals surface area contributed by atoms with Crippen LogP contribution in [0.15, 0.2) is 0 Å². The fourth-order valence-corrected chi connectivity index (χ4v) is 3.49. The van der Waals surface area contributed by atoms with E-state index in [1.54, 1.807) is 0 Å². The van der Waals surface area contributed by atoms with Crippen LogP contribution >= 0.6 is 0 Å². The molecule has 4 unspecified atom stereocenters. The summed E-state index contributed by atoms with van der Waals surface area (Å²) in [4.78, 5) is 5.21. The molecule has 3 nitrogen and oxygen atoms in total. The highest BCUT2D eigenvalue weighted by atomic mass is 15.3. The molecule has 0 aromatic carbocycles. The first-order valence-corrected chi connectivity index (χ1v) is 6.79. The molecule has 0 spiro atoms. The van der Waals surface area contributed by atoms with Gasteiger partial charge in [-0.15, -0.1) is 0 Å². The Balaban J connectivity index is 1.99. The standard InChI is InChI=1S/C13H27N3/c1-10-8-16(9-11(2)15(10)3)13-6-4-5-12(13)7-14/h10-13H,4-9,14H2,1-3H3. The van der Waals surface area contributed by atoms with Gasteiger partial charge < -0.3 is 5.73 Å². The molecule has 94 valence electrons. The highest BCUT2D eigenvalue weighted by Gasteiger charge is 2.36. The average Bonchev–Trinajstić information content (AvgIpc) is 2.73. The second-order valence-corrected chi connectivity index (χ2v) is 5.81. The fourth-order valence-electron chi connectivity index (χ4n) is 3.49. The Bertz CT molecular complexity index is 219. The maximum absolute atomic E-state index is 5.89. The van der Waals surface area contributed by atoms with Crippen molar-refractivity contribution in [2.75, 3.05) is 26.7 Å². The summed E-state index contributed by atoms with van der Waals surface area (Å²) in [6, 6.07) is 2.13. The van der Waals surface area contributed by atoms with Gasteiger partial charge in [0, 0.05) is 31.2 Å². The summed E-state index contributed by atoms with van der Waals surface area (Å²) in [5.74, 6) is 0.753. The van der Waals surface area contributed by atoms with Gasteiger partial charge in [-0.2, -0.15) is 0 Å². The van der Waals surface area contributed by atoms with E-state index in [4.69, 9.17) is 5.73 Å². The van der Waals surface area contributed by atoms with E-state index in [1.807, 2.05) is 0 Å². The molecule has 2 fully saturated rings. The molecule has 0 amide bonds. The zero-order valence-corrected chi connectivity index (χ0v) is 11.0. The van der Waals surface area contributed by atoms with E-state index in [0.717, 1.165) is 18.5 Å². The number of hydrogen-bond acceptors (Lipinski definition) is 3. The van der Waals surface area contributed by atoms with Crippen molar-refractivity contribution in [2.24, 2.45) is 11.7 Å². The molecule has 1 aliphatic heterocycles. The van der Waals surface area contributed by atoms with Gasteiger partial charge in [0.2, 0.25) is 0 Å². The van der Waals surface area contributed by atoms with E-state index in [-0.39, 0.29) is 0 Å². The van der Waals surface area contributed by atoms with E-state index >= 15 is 0 Å². The molecular formula is C13H27N3.